The Morgan fingerprint density at radius 1 is 1.00 bits per heavy atom. The van der Waals surface area contributed by atoms with E-state index in [1.807, 2.05) is 0 Å². The summed E-state index contributed by atoms with van der Waals surface area (Å²) in [5.74, 6) is 2.03. The van der Waals surface area contributed by atoms with E-state index < -0.39 is 0 Å². The van der Waals surface area contributed by atoms with Gasteiger partial charge in [-0.2, -0.15) is 0 Å². The van der Waals surface area contributed by atoms with E-state index in [2.05, 4.69) is 10.2 Å². The molecule has 0 spiro atoms. The molecule has 2 heterocycles. The quantitative estimate of drug-likeness (QED) is 0.810. The number of nitrogens with one attached hydrogen (secondary N) is 1. The Labute approximate surface area is 106 Å². The summed E-state index contributed by atoms with van der Waals surface area (Å²) in [5, 5.41) is 3.50. The van der Waals surface area contributed by atoms with Crippen molar-refractivity contribution in [3.63, 3.8) is 0 Å². The summed E-state index contributed by atoms with van der Waals surface area (Å²) < 4.78 is 0. The molecular weight excluding hydrogens is 208 g/mol. The zero-order valence-electron chi connectivity index (χ0n) is 11.2. The van der Waals surface area contributed by atoms with Crippen LogP contribution in [0.25, 0.3) is 0 Å². The first-order valence-electron chi connectivity index (χ1n) is 7.88. The van der Waals surface area contributed by atoms with Crippen LogP contribution in [0.4, 0.5) is 0 Å². The molecule has 0 aromatic heterocycles. The van der Waals surface area contributed by atoms with Gasteiger partial charge in [0.25, 0.3) is 0 Å². The molecule has 3 fully saturated rings. The van der Waals surface area contributed by atoms with Crippen LogP contribution in [0.5, 0.6) is 0 Å². The molecule has 0 aromatic carbocycles. The van der Waals surface area contributed by atoms with Gasteiger partial charge >= 0.3 is 0 Å². The summed E-state index contributed by atoms with van der Waals surface area (Å²) >= 11 is 0. The van der Waals surface area contributed by atoms with Crippen molar-refractivity contribution in [2.24, 2.45) is 11.8 Å². The molecule has 17 heavy (non-hydrogen) atoms. The third-order valence-electron chi connectivity index (χ3n) is 5.35. The van der Waals surface area contributed by atoms with Crippen molar-refractivity contribution in [3.8, 4) is 0 Å². The molecule has 2 nitrogen and oxygen atoms in total. The van der Waals surface area contributed by atoms with E-state index in [9.17, 15) is 0 Å². The van der Waals surface area contributed by atoms with Gasteiger partial charge in [0.1, 0.15) is 0 Å². The molecule has 2 saturated heterocycles. The van der Waals surface area contributed by atoms with Crippen LogP contribution >= 0.6 is 0 Å². The van der Waals surface area contributed by atoms with E-state index >= 15 is 0 Å². The van der Waals surface area contributed by atoms with Gasteiger partial charge in [0.2, 0.25) is 0 Å². The molecule has 2 heteroatoms. The van der Waals surface area contributed by atoms with Gasteiger partial charge in [0.15, 0.2) is 0 Å². The number of fused-ring (bicyclic) bond motifs is 1. The fourth-order valence-corrected chi connectivity index (χ4v) is 4.31. The lowest BCUT2D eigenvalue weighted by molar-refractivity contribution is 0.0569. The average molecular weight is 236 g/mol. The highest BCUT2D eigenvalue weighted by Crippen LogP contribution is 2.35. The summed E-state index contributed by atoms with van der Waals surface area (Å²) in [4.78, 5) is 2.85. The fraction of sp³-hybridized carbons (Fsp3) is 1.00. The number of hydrogen-bond acceptors (Lipinski definition) is 2. The fourth-order valence-electron chi connectivity index (χ4n) is 4.31. The molecule has 0 radical (unpaired) electrons. The van der Waals surface area contributed by atoms with Crippen LogP contribution in [0, 0.1) is 11.8 Å². The third-order valence-corrected chi connectivity index (χ3v) is 5.35. The second-order valence-electron chi connectivity index (χ2n) is 6.44. The summed E-state index contributed by atoms with van der Waals surface area (Å²) in [5.41, 5.74) is 0. The summed E-state index contributed by atoms with van der Waals surface area (Å²) in [7, 11) is 0. The van der Waals surface area contributed by atoms with E-state index in [0.29, 0.717) is 0 Å². The average Bonchev–Trinajstić information content (AvgIpc) is 2.89. The molecule has 1 aliphatic carbocycles. The number of likely N-dealkylation sites (tertiary alicyclic amines) is 1. The van der Waals surface area contributed by atoms with Crippen LogP contribution in [0.3, 0.4) is 0 Å². The van der Waals surface area contributed by atoms with Crippen LogP contribution in [0.15, 0.2) is 0 Å². The number of rotatable bonds is 3. The van der Waals surface area contributed by atoms with Crippen molar-refractivity contribution in [2.45, 2.75) is 57.4 Å². The van der Waals surface area contributed by atoms with Crippen molar-refractivity contribution in [3.05, 3.63) is 0 Å². The van der Waals surface area contributed by atoms with Crippen LogP contribution < -0.4 is 5.32 Å². The standard InChI is InChI=1S/C15H28N2/c1-2-6-15-14(4-1)5-3-10-17(15)11-8-13-7-9-16-12-13/h13-16H,1-12H2. The smallest absolute Gasteiger partial charge is 0.0123 e. The first kappa shape index (κ1) is 12.0. The maximum atomic E-state index is 3.50. The van der Waals surface area contributed by atoms with Gasteiger partial charge in [-0.15, -0.1) is 0 Å². The Bertz CT molecular complexity index is 233. The molecule has 1 N–H and O–H groups in total. The monoisotopic (exact) mass is 236 g/mol. The molecule has 1 saturated carbocycles. The van der Waals surface area contributed by atoms with Crippen LogP contribution in [-0.2, 0) is 0 Å². The van der Waals surface area contributed by atoms with E-state index in [4.69, 9.17) is 0 Å². The van der Waals surface area contributed by atoms with Gasteiger partial charge in [0.05, 0.1) is 0 Å². The predicted octanol–water partition coefficient (Wildman–Crippen LogP) is 2.64. The van der Waals surface area contributed by atoms with E-state index in [-0.39, 0.29) is 0 Å². The number of nitrogens with zero attached hydrogens (tertiary/aromatic N) is 1. The second-order valence-corrected chi connectivity index (χ2v) is 6.44. The first-order chi connectivity index (χ1) is 8.43. The molecule has 3 atom stereocenters. The van der Waals surface area contributed by atoms with E-state index in [0.717, 1.165) is 17.9 Å². The Kier molecular flexibility index (Phi) is 4.02. The van der Waals surface area contributed by atoms with E-state index in [1.165, 1.54) is 77.5 Å². The topological polar surface area (TPSA) is 15.3 Å². The van der Waals surface area contributed by atoms with Crippen molar-refractivity contribution in [1.29, 1.82) is 0 Å². The zero-order chi connectivity index (χ0) is 11.5. The van der Waals surface area contributed by atoms with Crippen molar-refractivity contribution in [1.82, 2.24) is 10.2 Å². The van der Waals surface area contributed by atoms with Crippen LogP contribution in [-0.4, -0.2) is 37.1 Å². The van der Waals surface area contributed by atoms with Crippen LogP contribution in [0.2, 0.25) is 0 Å². The lowest BCUT2D eigenvalue weighted by atomic mass is 9.78. The highest BCUT2D eigenvalue weighted by molar-refractivity contribution is 4.87. The highest BCUT2D eigenvalue weighted by atomic mass is 15.2. The lowest BCUT2D eigenvalue weighted by Gasteiger charge is -2.44. The third kappa shape index (κ3) is 2.85. The zero-order valence-corrected chi connectivity index (χ0v) is 11.2. The molecule has 0 amide bonds. The maximum absolute atomic E-state index is 3.50. The van der Waals surface area contributed by atoms with Gasteiger partial charge in [0, 0.05) is 6.04 Å². The highest BCUT2D eigenvalue weighted by Gasteiger charge is 2.33. The van der Waals surface area contributed by atoms with Gasteiger partial charge < -0.3 is 10.2 Å². The second kappa shape index (κ2) is 5.71. The minimum atomic E-state index is 0.965. The lowest BCUT2D eigenvalue weighted by Crippen LogP contribution is -2.47. The Morgan fingerprint density at radius 2 is 1.88 bits per heavy atom. The van der Waals surface area contributed by atoms with Crippen molar-refractivity contribution >= 4 is 0 Å². The van der Waals surface area contributed by atoms with Crippen LogP contribution in [0.1, 0.15) is 51.4 Å². The normalized spacial score (nSPS) is 39.2. The summed E-state index contributed by atoms with van der Waals surface area (Å²) in [6.07, 6.45) is 11.8. The van der Waals surface area contributed by atoms with Crippen molar-refractivity contribution < 1.29 is 0 Å². The molecule has 3 rings (SSSR count). The van der Waals surface area contributed by atoms with Gasteiger partial charge in [-0.3, -0.25) is 0 Å². The molecule has 98 valence electrons. The molecule has 3 aliphatic rings. The van der Waals surface area contributed by atoms with Gasteiger partial charge in [-0.25, -0.2) is 0 Å². The number of piperidine rings is 1. The maximum Gasteiger partial charge on any atom is 0.0123 e. The summed E-state index contributed by atoms with van der Waals surface area (Å²) in [6.45, 7) is 5.31. The Balaban J connectivity index is 1.50. The largest absolute Gasteiger partial charge is 0.316 e. The SMILES string of the molecule is C1CCC2C(C1)CCCN2CCC1CCNC1. The number of hydrogen-bond donors (Lipinski definition) is 1. The minimum Gasteiger partial charge on any atom is -0.316 e. The van der Waals surface area contributed by atoms with E-state index in [1.54, 1.807) is 0 Å². The summed E-state index contributed by atoms with van der Waals surface area (Å²) in [6, 6.07) is 0.965. The Morgan fingerprint density at radius 3 is 2.76 bits per heavy atom. The van der Waals surface area contributed by atoms with Gasteiger partial charge in [-0.05, 0) is 76.5 Å². The Hall–Kier alpha value is -0.0800. The molecule has 0 bridgehead atoms. The molecule has 2 aliphatic heterocycles. The molecular formula is C15H28N2. The van der Waals surface area contributed by atoms with Gasteiger partial charge in [-0.1, -0.05) is 12.8 Å². The molecule has 3 unspecified atom stereocenters. The first-order valence-corrected chi connectivity index (χ1v) is 7.88. The van der Waals surface area contributed by atoms with Crippen molar-refractivity contribution in [2.75, 3.05) is 26.2 Å². The minimum absolute atomic E-state index is 0.965. The molecule has 0 aromatic rings. The predicted molar refractivity (Wildman–Crippen MR) is 72.1 cm³/mol.